The number of thioether (sulfide) groups is 1. The van der Waals surface area contributed by atoms with Crippen LogP contribution in [0.25, 0.3) is 11.0 Å². The summed E-state index contributed by atoms with van der Waals surface area (Å²) in [4.78, 5) is 15.4. The molecular formula is C15H20N2O2S. The first kappa shape index (κ1) is 14.9. The summed E-state index contributed by atoms with van der Waals surface area (Å²) in [7, 11) is 0. The summed E-state index contributed by atoms with van der Waals surface area (Å²) in [5.74, 6) is -0.767. The summed E-state index contributed by atoms with van der Waals surface area (Å²) in [6.45, 7) is 6.37. The van der Waals surface area contributed by atoms with Crippen molar-refractivity contribution in [2.45, 2.75) is 44.8 Å². The maximum Gasteiger partial charge on any atom is 0.313 e. The Labute approximate surface area is 123 Å². The third kappa shape index (κ3) is 2.98. The SMILES string of the molecule is CCC(CC)n1c(SCC(=O)O)nc2ccc(C)cc21. The van der Waals surface area contributed by atoms with Crippen LogP contribution in [-0.4, -0.2) is 26.4 Å². The van der Waals surface area contributed by atoms with Crippen LogP contribution >= 0.6 is 11.8 Å². The fraction of sp³-hybridized carbons (Fsp3) is 0.467. The van der Waals surface area contributed by atoms with E-state index in [9.17, 15) is 4.79 Å². The highest BCUT2D eigenvalue weighted by atomic mass is 32.2. The van der Waals surface area contributed by atoms with Gasteiger partial charge in [0, 0.05) is 6.04 Å². The van der Waals surface area contributed by atoms with Gasteiger partial charge < -0.3 is 9.67 Å². The first-order chi connectivity index (χ1) is 9.56. The molecule has 1 N–H and O–H groups in total. The molecule has 5 heteroatoms. The van der Waals surface area contributed by atoms with E-state index in [1.54, 1.807) is 0 Å². The Morgan fingerprint density at radius 1 is 1.40 bits per heavy atom. The van der Waals surface area contributed by atoms with Crippen LogP contribution in [0.5, 0.6) is 0 Å². The van der Waals surface area contributed by atoms with Gasteiger partial charge in [0.2, 0.25) is 0 Å². The molecule has 0 aliphatic heterocycles. The number of carboxylic acid groups (broad SMARTS) is 1. The van der Waals surface area contributed by atoms with Gasteiger partial charge in [-0.1, -0.05) is 31.7 Å². The standard InChI is InChI=1S/C15H20N2O2S/c1-4-11(5-2)17-13-8-10(3)6-7-12(13)16-15(17)20-9-14(18)19/h6-8,11H,4-5,9H2,1-3H3,(H,18,19). The first-order valence-corrected chi connectivity index (χ1v) is 7.88. The average Bonchev–Trinajstić information content (AvgIpc) is 2.76. The number of fused-ring (bicyclic) bond motifs is 1. The van der Waals surface area contributed by atoms with Crippen molar-refractivity contribution in [3.63, 3.8) is 0 Å². The van der Waals surface area contributed by atoms with Crippen LogP contribution in [-0.2, 0) is 4.79 Å². The fourth-order valence-electron chi connectivity index (χ4n) is 2.42. The summed E-state index contributed by atoms with van der Waals surface area (Å²) < 4.78 is 2.20. The normalized spacial score (nSPS) is 11.4. The van der Waals surface area contributed by atoms with Crippen LogP contribution in [0.3, 0.4) is 0 Å². The van der Waals surface area contributed by atoms with Crippen LogP contribution in [0.4, 0.5) is 0 Å². The van der Waals surface area contributed by atoms with Gasteiger partial charge in [0.05, 0.1) is 16.8 Å². The number of rotatable bonds is 6. The predicted molar refractivity (Wildman–Crippen MR) is 82.4 cm³/mol. The third-order valence-electron chi connectivity index (χ3n) is 3.45. The fourth-order valence-corrected chi connectivity index (χ4v) is 3.22. The molecule has 0 atom stereocenters. The number of aromatic nitrogens is 2. The minimum atomic E-state index is -0.811. The largest absolute Gasteiger partial charge is 0.481 e. The number of hydrogen-bond donors (Lipinski definition) is 1. The molecule has 1 aromatic carbocycles. The zero-order chi connectivity index (χ0) is 14.7. The van der Waals surface area contributed by atoms with E-state index in [1.165, 1.54) is 17.3 Å². The van der Waals surface area contributed by atoms with Crippen molar-refractivity contribution < 1.29 is 9.90 Å². The molecule has 0 saturated heterocycles. The van der Waals surface area contributed by atoms with Gasteiger partial charge in [0.1, 0.15) is 0 Å². The van der Waals surface area contributed by atoms with Crippen LogP contribution in [0.2, 0.25) is 0 Å². The number of aryl methyl sites for hydroxylation is 1. The molecule has 0 unspecified atom stereocenters. The second-order valence-electron chi connectivity index (χ2n) is 4.91. The zero-order valence-electron chi connectivity index (χ0n) is 12.1. The zero-order valence-corrected chi connectivity index (χ0v) is 12.9. The number of hydrogen-bond acceptors (Lipinski definition) is 3. The lowest BCUT2D eigenvalue weighted by atomic mass is 10.1. The van der Waals surface area contributed by atoms with E-state index >= 15 is 0 Å². The minimum Gasteiger partial charge on any atom is -0.481 e. The highest BCUT2D eigenvalue weighted by molar-refractivity contribution is 7.99. The van der Waals surface area contributed by atoms with Gasteiger partial charge in [-0.15, -0.1) is 0 Å². The van der Waals surface area contributed by atoms with Gasteiger partial charge in [-0.2, -0.15) is 0 Å². The van der Waals surface area contributed by atoms with E-state index in [-0.39, 0.29) is 5.75 Å². The van der Waals surface area contributed by atoms with Crippen molar-refractivity contribution in [3.8, 4) is 0 Å². The number of imidazole rings is 1. The Kier molecular flexibility index (Phi) is 4.70. The third-order valence-corrected chi connectivity index (χ3v) is 4.38. The van der Waals surface area contributed by atoms with Gasteiger partial charge in [0.25, 0.3) is 0 Å². The summed E-state index contributed by atoms with van der Waals surface area (Å²) in [6.07, 6.45) is 2.02. The van der Waals surface area contributed by atoms with E-state index in [1.807, 2.05) is 12.1 Å². The molecule has 0 fully saturated rings. The molecule has 1 aromatic heterocycles. The Bertz CT molecular complexity index is 618. The summed E-state index contributed by atoms with van der Waals surface area (Å²) >= 11 is 1.30. The number of nitrogens with zero attached hydrogens (tertiary/aromatic N) is 2. The summed E-state index contributed by atoms with van der Waals surface area (Å²) in [5, 5.41) is 9.69. The number of aliphatic carboxylic acids is 1. The molecule has 0 spiro atoms. The maximum atomic E-state index is 10.8. The van der Waals surface area contributed by atoms with E-state index < -0.39 is 5.97 Å². The summed E-state index contributed by atoms with van der Waals surface area (Å²) in [6, 6.07) is 6.54. The first-order valence-electron chi connectivity index (χ1n) is 6.90. The topological polar surface area (TPSA) is 55.1 Å². The van der Waals surface area contributed by atoms with Crippen molar-refractivity contribution in [2.24, 2.45) is 0 Å². The molecule has 2 rings (SSSR count). The maximum absolute atomic E-state index is 10.8. The van der Waals surface area contributed by atoms with Crippen LogP contribution in [0, 0.1) is 6.92 Å². The molecule has 1 heterocycles. The molecule has 20 heavy (non-hydrogen) atoms. The Hall–Kier alpha value is -1.49. The van der Waals surface area contributed by atoms with E-state index in [0.717, 1.165) is 29.0 Å². The lowest BCUT2D eigenvalue weighted by molar-refractivity contribution is -0.133. The number of benzene rings is 1. The second kappa shape index (κ2) is 6.31. The molecular weight excluding hydrogens is 272 g/mol. The smallest absolute Gasteiger partial charge is 0.313 e. The monoisotopic (exact) mass is 292 g/mol. The van der Waals surface area contributed by atoms with Gasteiger partial charge in [-0.25, -0.2) is 4.98 Å². The molecule has 0 aliphatic carbocycles. The van der Waals surface area contributed by atoms with Crippen molar-refractivity contribution >= 4 is 28.8 Å². The molecule has 0 bridgehead atoms. The number of carbonyl (C=O) groups is 1. The quantitative estimate of drug-likeness (QED) is 0.821. The molecule has 0 amide bonds. The highest BCUT2D eigenvalue weighted by Crippen LogP contribution is 2.31. The lowest BCUT2D eigenvalue weighted by Crippen LogP contribution is -2.09. The minimum absolute atomic E-state index is 0.0441. The van der Waals surface area contributed by atoms with Gasteiger partial charge >= 0.3 is 5.97 Å². The van der Waals surface area contributed by atoms with Crippen LogP contribution in [0.15, 0.2) is 23.4 Å². The Balaban J connectivity index is 2.53. The lowest BCUT2D eigenvalue weighted by Gasteiger charge is -2.18. The van der Waals surface area contributed by atoms with Crippen molar-refractivity contribution in [1.82, 2.24) is 9.55 Å². The molecule has 108 valence electrons. The van der Waals surface area contributed by atoms with E-state index in [4.69, 9.17) is 5.11 Å². The number of carboxylic acids is 1. The molecule has 0 radical (unpaired) electrons. The Morgan fingerprint density at radius 3 is 2.70 bits per heavy atom. The summed E-state index contributed by atoms with van der Waals surface area (Å²) in [5.41, 5.74) is 3.24. The highest BCUT2D eigenvalue weighted by Gasteiger charge is 2.18. The van der Waals surface area contributed by atoms with E-state index in [0.29, 0.717) is 6.04 Å². The van der Waals surface area contributed by atoms with Crippen LogP contribution in [0.1, 0.15) is 38.3 Å². The van der Waals surface area contributed by atoms with Crippen molar-refractivity contribution in [1.29, 1.82) is 0 Å². The van der Waals surface area contributed by atoms with Crippen molar-refractivity contribution in [2.75, 3.05) is 5.75 Å². The Morgan fingerprint density at radius 2 is 2.10 bits per heavy atom. The van der Waals surface area contributed by atoms with E-state index in [2.05, 4.69) is 36.4 Å². The van der Waals surface area contributed by atoms with Crippen LogP contribution < -0.4 is 0 Å². The molecule has 0 saturated carbocycles. The average molecular weight is 292 g/mol. The second-order valence-corrected chi connectivity index (χ2v) is 5.85. The molecule has 0 aliphatic rings. The van der Waals surface area contributed by atoms with Gasteiger partial charge in [0.15, 0.2) is 5.16 Å². The molecule has 4 nitrogen and oxygen atoms in total. The molecule has 2 aromatic rings. The van der Waals surface area contributed by atoms with Gasteiger partial charge in [-0.3, -0.25) is 4.79 Å². The van der Waals surface area contributed by atoms with Crippen molar-refractivity contribution in [3.05, 3.63) is 23.8 Å². The van der Waals surface area contributed by atoms with Gasteiger partial charge in [-0.05, 0) is 37.5 Å². The predicted octanol–water partition coefficient (Wildman–Crippen LogP) is 3.88.